The van der Waals surface area contributed by atoms with Crippen molar-refractivity contribution in [1.82, 2.24) is 19.9 Å². The quantitative estimate of drug-likeness (QED) is 0.775. The van der Waals surface area contributed by atoms with Gasteiger partial charge in [-0.3, -0.25) is 4.98 Å². The predicted molar refractivity (Wildman–Crippen MR) is 98.2 cm³/mol. The highest BCUT2D eigenvalue weighted by atomic mass is 16.5. The minimum Gasteiger partial charge on any atom is -0.369 e. The van der Waals surface area contributed by atoms with Gasteiger partial charge < -0.3 is 14.6 Å². The van der Waals surface area contributed by atoms with Gasteiger partial charge in [0.1, 0.15) is 11.9 Å². The first kappa shape index (κ1) is 16.2. The Balaban J connectivity index is 1.49. The topological polar surface area (TPSA) is 52.0 Å². The fourth-order valence-corrected chi connectivity index (χ4v) is 3.55. The van der Waals surface area contributed by atoms with Crippen LogP contribution in [0.3, 0.4) is 0 Å². The van der Waals surface area contributed by atoms with Gasteiger partial charge in [-0.2, -0.15) is 0 Å². The van der Waals surface area contributed by atoms with Crippen LogP contribution in [0.4, 0.5) is 0 Å². The van der Waals surface area contributed by atoms with Gasteiger partial charge in [-0.25, -0.2) is 4.98 Å². The molecule has 1 aliphatic heterocycles. The van der Waals surface area contributed by atoms with E-state index in [4.69, 9.17) is 4.74 Å². The van der Waals surface area contributed by atoms with Crippen LogP contribution in [-0.2, 0) is 17.8 Å². The summed E-state index contributed by atoms with van der Waals surface area (Å²) >= 11 is 0. The maximum Gasteiger partial charge on any atom is 0.139 e. The highest BCUT2D eigenvalue weighted by molar-refractivity contribution is 5.78. The van der Waals surface area contributed by atoms with E-state index in [1.54, 1.807) is 0 Å². The molecule has 5 nitrogen and oxygen atoms in total. The number of fused-ring (bicyclic) bond motifs is 1. The Kier molecular flexibility index (Phi) is 4.76. The zero-order valence-corrected chi connectivity index (χ0v) is 14.6. The van der Waals surface area contributed by atoms with Crippen molar-refractivity contribution in [3.8, 4) is 0 Å². The van der Waals surface area contributed by atoms with E-state index in [0.717, 1.165) is 43.9 Å². The highest BCUT2D eigenvalue weighted by Crippen LogP contribution is 2.28. The molecule has 0 aliphatic carbocycles. The van der Waals surface area contributed by atoms with Crippen molar-refractivity contribution in [2.75, 3.05) is 6.61 Å². The van der Waals surface area contributed by atoms with Gasteiger partial charge in [0, 0.05) is 49.7 Å². The lowest BCUT2D eigenvalue weighted by molar-refractivity contribution is -0.0182. The minimum absolute atomic E-state index is 0.0112. The van der Waals surface area contributed by atoms with E-state index in [1.165, 1.54) is 10.9 Å². The molecule has 0 spiro atoms. The van der Waals surface area contributed by atoms with Crippen LogP contribution in [0.15, 0.2) is 48.9 Å². The van der Waals surface area contributed by atoms with Crippen molar-refractivity contribution in [2.45, 2.75) is 45.0 Å². The summed E-state index contributed by atoms with van der Waals surface area (Å²) < 4.78 is 8.24. The second kappa shape index (κ2) is 7.33. The molecule has 1 aliphatic rings. The number of nitrogens with one attached hydrogen (secondary N) is 1. The molecule has 0 radical (unpaired) electrons. The van der Waals surface area contributed by atoms with E-state index in [-0.39, 0.29) is 12.1 Å². The number of aromatic nitrogens is 3. The molecule has 1 fully saturated rings. The van der Waals surface area contributed by atoms with Gasteiger partial charge >= 0.3 is 0 Å². The molecule has 1 saturated heterocycles. The summed E-state index contributed by atoms with van der Waals surface area (Å²) in [6, 6.07) is 10.7. The summed E-state index contributed by atoms with van der Waals surface area (Å²) in [5.74, 6) is 1.02. The monoisotopic (exact) mass is 336 g/mol. The Labute approximate surface area is 148 Å². The van der Waals surface area contributed by atoms with E-state index in [9.17, 15) is 0 Å². The maximum atomic E-state index is 6.07. The number of pyridine rings is 1. The molecule has 3 aromatic rings. The Bertz CT molecular complexity index is 844. The summed E-state index contributed by atoms with van der Waals surface area (Å²) in [6.07, 6.45) is 8.04. The van der Waals surface area contributed by atoms with Crippen molar-refractivity contribution >= 4 is 10.9 Å². The molecule has 2 aromatic heterocycles. The average Bonchev–Trinajstić information content (AvgIpc) is 3.15. The lowest BCUT2D eigenvalue weighted by Gasteiger charge is -2.32. The predicted octanol–water partition coefficient (Wildman–Crippen LogP) is 3.46. The third kappa shape index (κ3) is 3.43. The van der Waals surface area contributed by atoms with Crippen molar-refractivity contribution in [3.63, 3.8) is 0 Å². The summed E-state index contributed by atoms with van der Waals surface area (Å²) in [7, 11) is 0. The van der Waals surface area contributed by atoms with Gasteiger partial charge in [-0.1, -0.05) is 18.2 Å². The largest absolute Gasteiger partial charge is 0.369 e. The number of imidazole rings is 1. The van der Waals surface area contributed by atoms with Crippen LogP contribution in [0, 0.1) is 0 Å². The molecule has 130 valence electrons. The lowest BCUT2D eigenvalue weighted by Crippen LogP contribution is -2.40. The molecule has 0 amide bonds. The minimum atomic E-state index is 0.0112. The SMILES string of the molecule is CCn1ccnc1[C@@H]1OCCC[C@H]1NCc1cnc2ccccc2c1. The van der Waals surface area contributed by atoms with Crippen LogP contribution >= 0.6 is 0 Å². The second-order valence-corrected chi connectivity index (χ2v) is 6.53. The first-order chi connectivity index (χ1) is 12.3. The first-order valence-electron chi connectivity index (χ1n) is 9.05. The summed E-state index contributed by atoms with van der Waals surface area (Å²) in [5.41, 5.74) is 2.23. The number of hydrogen-bond donors (Lipinski definition) is 1. The number of rotatable bonds is 5. The molecule has 1 aromatic carbocycles. The van der Waals surface area contributed by atoms with Gasteiger partial charge in [0.2, 0.25) is 0 Å². The van der Waals surface area contributed by atoms with Crippen molar-refractivity contribution in [3.05, 3.63) is 60.3 Å². The zero-order valence-electron chi connectivity index (χ0n) is 14.6. The zero-order chi connectivity index (χ0) is 17.1. The Hall–Kier alpha value is -2.24. The van der Waals surface area contributed by atoms with Crippen LogP contribution < -0.4 is 5.32 Å². The van der Waals surface area contributed by atoms with Gasteiger partial charge in [0.05, 0.1) is 5.52 Å². The Morgan fingerprint density at radius 2 is 2.20 bits per heavy atom. The fourth-order valence-electron chi connectivity index (χ4n) is 3.55. The van der Waals surface area contributed by atoms with Crippen LogP contribution in [0.1, 0.15) is 37.3 Å². The number of benzene rings is 1. The van der Waals surface area contributed by atoms with Crippen LogP contribution in [0.5, 0.6) is 0 Å². The van der Waals surface area contributed by atoms with Crippen LogP contribution in [0.25, 0.3) is 10.9 Å². The van der Waals surface area contributed by atoms with E-state index < -0.39 is 0 Å². The molecule has 0 bridgehead atoms. The molecule has 25 heavy (non-hydrogen) atoms. The third-order valence-electron chi connectivity index (χ3n) is 4.88. The Morgan fingerprint density at radius 3 is 3.12 bits per heavy atom. The standard InChI is InChI=1S/C20H24N4O/c1-2-24-10-9-21-20(24)19-18(8-5-11-25-19)23-14-15-12-16-6-3-4-7-17(16)22-13-15/h3-4,6-7,9-10,12-13,18-19,23H,2,5,8,11,14H2,1H3/t18-,19-/m1/s1. The summed E-state index contributed by atoms with van der Waals surface area (Å²) in [5, 5.41) is 4.85. The number of para-hydroxylation sites is 1. The van der Waals surface area contributed by atoms with Gasteiger partial charge in [0.25, 0.3) is 0 Å². The van der Waals surface area contributed by atoms with Gasteiger partial charge in [0.15, 0.2) is 0 Å². The third-order valence-corrected chi connectivity index (χ3v) is 4.88. The summed E-state index contributed by atoms with van der Waals surface area (Å²) in [6.45, 7) is 4.64. The van der Waals surface area contributed by atoms with Gasteiger partial charge in [-0.05, 0) is 37.5 Å². The molecule has 2 atom stereocenters. The normalized spacial score (nSPS) is 20.8. The van der Waals surface area contributed by atoms with Crippen molar-refractivity contribution < 1.29 is 4.74 Å². The highest BCUT2D eigenvalue weighted by Gasteiger charge is 2.30. The molecule has 5 heteroatoms. The molecule has 3 heterocycles. The van der Waals surface area contributed by atoms with Gasteiger partial charge in [-0.15, -0.1) is 0 Å². The lowest BCUT2D eigenvalue weighted by atomic mass is 10.0. The Morgan fingerprint density at radius 1 is 1.28 bits per heavy atom. The van der Waals surface area contributed by atoms with Crippen molar-refractivity contribution in [1.29, 1.82) is 0 Å². The fraction of sp³-hybridized carbons (Fsp3) is 0.400. The molecular weight excluding hydrogens is 312 g/mol. The molecule has 1 N–H and O–H groups in total. The maximum absolute atomic E-state index is 6.07. The number of hydrogen-bond acceptors (Lipinski definition) is 4. The van der Waals surface area contributed by atoms with E-state index in [0.29, 0.717) is 0 Å². The second-order valence-electron chi connectivity index (χ2n) is 6.53. The van der Waals surface area contributed by atoms with E-state index in [2.05, 4.69) is 45.0 Å². The van der Waals surface area contributed by atoms with Crippen molar-refractivity contribution in [2.24, 2.45) is 0 Å². The smallest absolute Gasteiger partial charge is 0.139 e. The molecule has 0 saturated carbocycles. The number of nitrogens with zero attached hydrogens (tertiary/aromatic N) is 3. The van der Waals surface area contributed by atoms with E-state index in [1.807, 2.05) is 30.7 Å². The van der Waals surface area contributed by atoms with E-state index >= 15 is 0 Å². The average molecular weight is 336 g/mol. The molecular formula is C20H24N4O. The summed E-state index contributed by atoms with van der Waals surface area (Å²) in [4.78, 5) is 9.10. The molecule has 0 unspecified atom stereocenters. The van der Waals surface area contributed by atoms with Crippen LogP contribution in [-0.4, -0.2) is 27.2 Å². The number of ether oxygens (including phenoxy) is 1. The first-order valence-corrected chi connectivity index (χ1v) is 9.05. The van der Waals surface area contributed by atoms with Crippen LogP contribution in [0.2, 0.25) is 0 Å². The number of aryl methyl sites for hydroxylation is 1. The molecule has 4 rings (SSSR count).